The average molecular weight is 92.9 g/mol. The lowest BCUT2D eigenvalue weighted by Crippen LogP contribution is -2.13. The minimum absolute atomic E-state index is 0.978. The molecule has 0 fully saturated rings. The van der Waals surface area contributed by atoms with Crippen LogP contribution in [0.25, 0.3) is 0 Å². The van der Waals surface area contributed by atoms with Crippen molar-refractivity contribution in [3.8, 4) is 0 Å². The van der Waals surface area contributed by atoms with Gasteiger partial charge in [-0.2, -0.15) is 0 Å². The minimum Gasteiger partial charge on any atom is -0.392 e. The molecule has 0 amide bonds. The molecule has 1 N–H and O–H groups in total. The molecule has 0 saturated carbocycles. The van der Waals surface area contributed by atoms with Crippen LogP contribution in [0.2, 0.25) is 0 Å². The van der Waals surface area contributed by atoms with Crippen molar-refractivity contribution in [2.24, 2.45) is 0 Å². The summed E-state index contributed by atoms with van der Waals surface area (Å²) < 4.78 is 0. The summed E-state index contributed by atoms with van der Waals surface area (Å²) in [5.74, 6) is 0. The van der Waals surface area contributed by atoms with Crippen LogP contribution in [0.3, 0.4) is 0 Å². The van der Waals surface area contributed by atoms with Crippen LogP contribution < -0.4 is 5.32 Å². The quantitative estimate of drug-likeness (QED) is 0.427. The van der Waals surface area contributed by atoms with Gasteiger partial charge in [0.1, 0.15) is 7.85 Å². The van der Waals surface area contributed by atoms with E-state index >= 15 is 0 Å². The van der Waals surface area contributed by atoms with E-state index in [-0.39, 0.29) is 0 Å². The molecule has 0 aromatic rings. The smallest absolute Gasteiger partial charge is 0.109 e. The van der Waals surface area contributed by atoms with Crippen LogP contribution in [0.4, 0.5) is 0 Å². The molecule has 0 unspecified atom stereocenters. The molecule has 2 heteroatoms. The summed E-state index contributed by atoms with van der Waals surface area (Å²) in [7, 11) is 5.43. The van der Waals surface area contributed by atoms with Gasteiger partial charge in [-0.25, -0.2) is 0 Å². The molecule has 2 radical (unpaired) electrons. The first-order valence-corrected chi connectivity index (χ1v) is 2.57. The third-order valence-electron chi connectivity index (χ3n) is 1.07. The molecule has 7 heavy (non-hydrogen) atoms. The van der Waals surface area contributed by atoms with E-state index in [1.165, 1.54) is 6.42 Å². The van der Waals surface area contributed by atoms with Gasteiger partial charge in [0.15, 0.2) is 0 Å². The topological polar surface area (TPSA) is 12.0 Å². The van der Waals surface area contributed by atoms with Crippen molar-refractivity contribution in [3.05, 3.63) is 11.7 Å². The molecule has 1 aliphatic heterocycles. The molecule has 0 bridgehead atoms. The minimum atomic E-state index is 0.978. The van der Waals surface area contributed by atoms with Crippen LogP contribution in [0, 0.1) is 0 Å². The summed E-state index contributed by atoms with van der Waals surface area (Å²) in [6.07, 6.45) is 4.12. The molecule has 0 aromatic carbocycles. The second-order valence-corrected chi connectivity index (χ2v) is 1.78. The fraction of sp³-hybridized carbons (Fsp3) is 0.600. The predicted molar refractivity (Wildman–Crippen MR) is 31.1 cm³/mol. The fourth-order valence-electron chi connectivity index (χ4n) is 0.670. The van der Waals surface area contributed by atoms with E-state index in [9.17, 15) is 0 Å². The highest BCUT2D eigenvalue weighted by atomic mass is 14.8. The molecule has 1 aliphatic rings. The maximum absolute atomic E-state index is 5.43. The van der Waals surface area contributed by atoms with Crippen molar-refractivity contribution in [1.29, 1.82) is 0 Å². The van der Waals surface area contributed by atoms with Crippen molar-refractivity contribution < 1.29 is 0 Å². The molecule has 1 heterocycles. The third-order valence-corrected chi connectivity index (χ3v) is 1.07. The van der Waals surface area contributed by atoms with Crippen LogP contribution in [0.5, 0.6) is 0 Å². The monoisotopic (exact) mass is 93.1 g/mol. The van der Waals surface area contributed by atoms with E-state index < -0.39 is 0 Å². The number of rotatable bonds is 0. The van der Waals surface area contributed by atoms with Gasteiger partial charge >= 0.3 is 0 Å². The first-order chi connectivity index (χ1) is 3.39. The second-order valence-electron chi connectivity index (χ2n) is 1.78. The lowest BCUT2D eigenvalue weighted by atomic mass is 9.91. The third kappa shape index (κ3) is 1.26. The summed E-state index contributed by atoms with van der Waals surface area (Å²) in [6.45, 7) is 1.08. The molecule has 0 aromatic heterocycles. The van der Waals surface area contributed by atoms with Gasteiger partial charge in [-0.1, -0.05) is 0 Å². The summed E-state index contributed by atoms with van der Waals surface area (Å²) in [5, 5.41) is 3.05. The van der Waals surface area contributed by atoms with Gasteiger partial charge in [-0.05, 0) is 19.0 Å². The van der Waals surface area contributed by atoms with E-state index in [0.29, 0.717) is 0 Å². The molecule has 36 valence electrons. The first-order valence-electron chi connectivity index (χ1n) is 2.57. The van der Waals surface area contributed by atoms with E-state index in [4.69, 9.17) is 7.85 Å². The lowest BCUT2D eigenvalue weighted by molar-refractivity contribution is 0.719. The molecule has 0 saturated heterocycles. The van der Waals surface area contributed by atoms with Gasteiger partial charge < -0.3 is 5.32 Å². The van der Waals surface area contributed by atoms with Crippen LogP contribution in [-0.2, 0) is 0 Å². The average Bonchev–Trinajstić information content (AvgIpc) is 1.69. The van der Waals surface area contributed by atoms with Crippen LogP contribution in [0.1, 0.15) is 12.8 Å². The van der Waals surface area contributed by atoms with Gasteiger partial charge in [0.2, 0.25) is 0 Å². The lowest BCUT2D eigenvalue weighted by Gasteiger charge is -2.09. The van der Waals surface area contributed by atoms with Crippen molar-refractivity contribution in [2.45, 2.75) is 12.8 Å². The molecule has 1 nitrogen and oxygen atoms in total. The Hall–Kier alpha value is -0.395. The van der Waals surface area contributed by atoms with E-state index in [0.717, 1.165) is 18.4 Å². The van der Waals surface area contributed by atoms with Gasteiger partial charge in [0.05, 0.1) is 0 Å². The number of allylic oxidation sites excluding steroid dienone is 1. The zero-order chi connectivity index (χ0) is 5.11. The van der Waals surface area contributed by atoms with E-state index in [1.807, 2.05) is 6.20 Å². The Morgan fingerprint density at radius 1 is 1.71 bits per heavy atom. The van der Waals surface area contributed by atoms with Crippen LogP contribution in [-0.4, -0.2) is 14.4 Å². The normalized spacial score (nSPS) is 20.3. The standard InChI is InChI=1S/C5H8BN/c6-5-2-1-3-7-4-5/h4,7H,1-3H2. The predicted octanol–water partition coefficient (Wildman–Crippen LogP) is 0.380. The Balaban J connectivity index is 2.40. The summed E-state index contributed by atoms with van der Waals surface area (Å²) >= 11 is 0. The molecular weight excluding hydrogens is 84.9 g/mol. The van der Waals surface area contributed by atoms with Gasteiger partial charge in [-0.3, -0.25) is 0 Å². The number of hydrogen-bond donors (Lipinski definition) is 1. The molecule has 0 spiro atoms. The summed E-state index contributed by atoms with van der Waals surface area (Å²) in [4.78, 5) is 0. The number of hydrogen-bond acceptors (Lipinski definition) is 1. The Bertz CT molecular complexity index is 88.1. The maximum Gasteiger partial charge on any atom is 0.109 e. The fourth-order valence-corrected chi connectivity index (χ4v) is 0.670. The summed E-state index contributed by atoms with van der Waals surface area (Å²) in [6, 6.07) is 0. The Kier molecular flexibility index (Phi) is 1.40. The Morgan fingerprint density at radius 2 is 2.57 bits per heavy atom. The SMILES string of the molecule is [B]C1=CNCCC1. The van der Waals surface area contributed by atoms with Crippen molar-refractivity contribution in [2.75, 3.05) is 6.54 Å². The molecular formula is C5H8BN. The first kappa shape index (κ1) is 4.76. The highest BCUT2D eigenvalue weighted by molar-refractivity contribution is 6.21. The van der Waals surface area contributed by atoms with Gasteiger partial charge in [0, 0.05) is 6.54 Å². The zero-order valence-electron chi connectivity index (χ0n) is 4.28. The maximum atomic E-state index is 5.43. The highest BCUT2D eigenvalue weighted by Crippen LogP contribution is 2.01. The summed E-state index contributed by atoms with van der Waals surface area (Å²) in [5.41, 5.74) is 0.978. The second kappa shape index (κ2) is 2.06. The zero-order valence-corrected chi connectivity index (χ0v) is 4.28. The van der Waals surface area contributed by atoms with Crippen molar-refractivity contribution in [1.82, 2.24) is 5.32 Å². The molecule has 0 aliphatic carbocycles. The van der Waals surface area contributed by atoms with Gasteiger partial charge in [0.25, 0.3) is 0 Å². The molecule has 1 rings (SSSR count). The van der Waals surface area contributed by atoms with Gasteiger partial charge in [-0.15, -0.1) is 5.47 Å². The van der Waals surface area contributed by atoms with E-state index in [2.05, 4.69) is 5.32 Å². The van der Waals surface area contributed by atoms with E-state index in [1.54, 1.807) is 0 Å². The van der Waals surface area contributed by atoms with Crippen molar-refractivity contribution >= 4 is 7.85 Å². The molecule has 0 atom stereocenters. The Labute approximate surface area is 45.2 Å². The van der Waals surface area contributed by atoms with Crippen LogP contribution >= 0.6 is 0 Å². The Morgan fingerprint density at radius 3 is 2.86 bits per heavy atom. The largest absolute Gasteiger partial charge is 0.392 e. The van der Waals surface area contributed by atoms with Crippen LogP contribution in [0.15, 0.2) is 11.7 Å². The number of nitrogens with one attached hydrogen (secondary N) is 1. The highest BCUT2D eigenvalue weighted by Gasteiger charge is 1.93. The van der Waals surface area contributed by atoms with Crippen molar-refractivity contribution in [3.63, 3.8) is 0 Å².